The maximum absolute atomic E-state index is 11.3. The van der Waals surface area contributed by atoms with E-state index in [0.717, 1.165) is 0 Å². The molecule has 0 spiro atoms. The molecule has 0 aliphatic carbocycles. The molecule has 0 aromatic heterocycles. The molecule has 17 heavy (non-hydrogen) atoms. The normalized spacial score (nSPS) is 20.2. The molecule has 96 valence electrons. The second kappa shape index (κ2) is 5.71. The minimum Gasteiger partial charge on any atom is -0.383 e. The molecule has 1 rings (SSSR count). The van der Waals surface area contributed by atoms with Crippen LogP contribution in [0.5, 0.6) is 0 Å². The van der Waals surface area contributed by atoms with Gasteiger partial charge in [-0.15, -0.1) is 0 Å². The van der Waals surface area contributed by atoms with Gasteiger partial charge in [0.1, 0.15) is 6.10 Å². The van der Waals surface area contributed by atoms with Crippen LogP contribution in [0.4, 0.5) is 0 Å². The van der Waals surface area contributed by atoms with E-state index >= 15 is 0 Å². The standard InChI is InChI=1S/C9H13NO7/c1-15-8(16-2)4-7(13)17-10-6(12)3-5(11)9(10)14/h5,8,11H,3-4H2,1-2H3. The molecule has 1 aliphatic heterocycles. The van der Waals surface area contributed by atoms with Crippen LogP contribution >= 0.6 is 0 Å². The Morgan fingerprint density at radius 2 is 2.06 bits per heavy atom. The zero-order chi connectivity index (χ0) is 13.0. The first kappa shape index (κ1) is 13.6. The van der Waals surface area contributed by atoms with Gasteiger partial charge in [-0.05, 0) is 0 Å². The first-order valence-corrected chi connectivity index (χ1v) is 4.80. The highest BCUT2D eigenvalue weighted by Crippen LogP contribution is 2.14. The molecule has 2 amide bonds. The molecule has 8 nitrogen and oxygen atoms in total. The Hall–Kier alpha value is -1.51. The van der Waals surface area contributed by atoms with Crippen molar-refractivity contribution in [2.45, 2.75) is 25.2 Å². The lowest BCUT2D eigenvalue weighted by Gasteiger charge is -2.15. The van der Waals surface area contributed by atoms with E-state index in [1.54, 1.807) is 0 Å². The van der Waals surface area contributed by atoms with E-state index in [-0.39, 0.29) is 17.9 Å². The summed E-state index contributed by atoms with van der Waals surface area (Å²) in [5.74, 6) is -2.58. The summed E-state index contributed by atoms with van der Waals surface area (Å²) in [4.78, 5) is 38.2. The van der Waals surface area contributed by atoms with Crippen LogP contribution in [-0.4, -0.2) is 54.6 Å². The van der Waals surface area contributed by atoms with Crippen molar-refractivity contribution in [3.8, 4) is 0 Å². The maximum Gasteiger partial charge on any atom is 0.338 e. The van der Waals surface area contributed by atoms with Crippen LogP contribution in [-0.2, 0) is 28.7 Å². The predicted molar refractivity (Wildman–Crippen MR) is 51.0 cm³/mol. The summed E-state index contributed by atoms with van der Waals surface area (Å²) >= 11 is 0. The Balaban J connectivity index is 2.51. The van der Waals surface area contributed by atoms with Crippen LogP contribution in [0.15, 0.2) is 0 Å². The first-order valence-electron chi connectivity index (χ1n) is 4.80. The molecule has 1 heterocycles. The molecule has 1 unspecified atom stereocenters. The summed E-state index contributed by atoms with van der Waals surface area (Å²) in [6.45, 7) is 0. The summed E-state index contributed by atoms with van der Waals surface area (Å²) < 4.78 is 9.50. The molecule has 0 bridgehead atoms. The van der Waals surface area contributed by atoms with Gasteiger partial charge in [-0.3, -0.25) is 9.59 Å². The summed E-state index contributed by atoms with van der Waals surface area (Å²) in [5.41, 5.74) is 0. The Bertz CT molecular complexity index is 325. The van der Waals surface area contributed by atoms with E-state index in [9.17, 15) is 14.4 Å². The minimum absolute atomic E-state index is 0.259. The second-order valence-electron chi connectivity index (χ2n) is 3.31. The second-order valence-corrected chi connectivity index (χ2v) is 3.31. The molecule has 0 radical (unpaired) electrons. The number of hydrogen-bond donors (Lipinski definition) is 1. The highest BCUT2D eigenvalue weighted by atomic mass is 16.7. The number of aliphatic hydroxyl groups excluding tert-OH is 1. The average Bonchev–Trinajstić information content (AvgIpc) is 2.53. The molecular formula is C9H13NO7. The molecule has 1 saturated heterocycles. The fourth-order valence-electron chi connectivity index (χ4n) is 1.23. The molecule has 0 aromatic carbocycles. The minimum atomic E-state index is -1.45. The van der Waals surface area contributed by atoms with Crippen LogP contribution in [0.3, 0.4) is 0 Å². The molecule has 1 atom stereocenters. The van der Waals surface area contributed by atoms with E-state index < -0.39 is 30.2 Å². The molecule has 0 saturated carbocycles. The van der Waals surface area contributed by atoms with Crippen LogP contribution in [0.25, 0.3) is 0 Å². The fourth-order valence-corrected chi connectivity index (χ4v) is 1.23. The van der Waals surface area contributed by atoms with Gasteiger partial charge in [0.25, 0.3) is 11.8 Å². The molecule has 1 aliphatic rings. The van der Waals surface area contributed by atoms with Crippen molar-refractivity contribution in [3.63, 3.8) is 0 Å². The van der Waals surface area contributed by atoms with Crippen molar-refractivity contribution >= 4 is 17.8 Å². The number of carbonyl (C=O) groups is 3. The Kier molecular flexibility index (Phi) is 4.55. The largest absolute Gasteiger partial charge is 0.383 e. The van der Waals surface area contributed by atoms with Crippen molar-refractivity contribution < 1.29 is 33.8 Å². The number of amides is 2. The number of nitrogens with zero attached hydrogens (tertiary/aromatic N) is 1. The number of hydrogen-bond acceptors (Lipinski definition) is 7. The fraction of sp³-hybridized carbons (Fsp3) is 0.667. The van der Waals surface area contributed by atoms with Gasteiger partial charge >= 0.3 is 5.97 Å². The smallest absolute Gasteiger partial charge is 0.338 e. The van der Waals surface area contributed by atoms with Crippen molar-refractivity contribution in [3.05, 3.63) is 0 Å². The monoisotopic (exact) mass is 247 g/mol. The lowest BCUT2D eigenvalue weighted by Crippen LogP contribution is -2.35. The van der Waals surface area contributed by atoms with Gasteiger partial charge in [-0.2, -0.15) is 0 Å². The van der Waals surface area contributed by atoms with Gasteiger partial charge in [0.15, 0.2) is 6.29 Å². The number of hydroxylamine groups is 2. The quantitative estimate of drug-likeness (QED) is 0.469. The molecule has 1 N–H and O–H groups in total. The molecule has 8 heteroatoms. The van der Waals surface area contributed by atoms with Crippen LogP contribution in [0.2, 0.25) is 0 Å². The number of rotatable bonds is 5. The van der Waals surface area contributed by atoms with Crippen molar-refractivity contribution in [1.82, 2.24) is 5.06 Å². The Labute approximate surface area is 97.0 Å². The molecule has 0 aromatic rings. The topological polar surface area (TPSA) is 102 Å². The number of aliphatic hydroxyl groups is 1. The van der Waals surface area contributed by atoms with Gasteiger partial charge in [0.2, 0.25) is 0 Å². The predicted octanol–water partition coefficient (Wildman–Crippen LogP) is -1.43. The van der Waals surface area contributed by atoms with Crippen LogP contribution in [0, 0.1) is 0 Å². The molecular weight excluding hydrogens is 234 g/mol. The van der Waals surface area contributed by atoms with E-state index in [2.05, 4.69) is 4.84 Å². The van der Waals surface area contributed by atoms with Crippen LogP contribution < -0.4 is 0 Å². The van der Waals surface area contributed by atoms with E-state index in [0.29, 0.717) is 0 Å². The van der Waals surface area contributed by atoms with Crippen molar-refractivity contribution in [1.29, 1.82) is 0 Å². The first-order chi connectivity index (χ1) is 7.99. The Morgan fingerprint density at radius 3 is 2.47 bits per heavy atom. The van der Waals surface area contributed by atoms with Gasteiger partial charge in [-0.25, -0.2) is 4.79 Å². The zero-order valence-electron chi connectivity index (χ0n) is 9.41. The average molecular weight is 247 g/mol. The lowest BCUT2D eigenvalue weighted by atomic mass is 10.3. The third-order valence-electron chi connectivity index (χ3n) is 2.13. The number of carbonyl (C=O) groups excluding carboxylic acids is 3. The lowest BCUT2D eigenvalue weighted by molar-refractivity contribution is -0.204. The van der Waals surface area contributed by atoms with Gasteiger partial charge in [0.05, 0.1) is 12.8 Å². The Morgan fingerprint density at radius 1 is 1.47 bits per heavy atom. The van der Waals surface area contributed by atoms with E-state index in [1.165, 1.54) is 14.2 Å². The summed E-state index contributed by atoms with van der Waals surface area (Å²) in [6.07, 6.45) is -2.93. The van der Waals surface area contributed by atoms with Gasteiger partial charge in [-0.1, -0.05) is 5.06 Å². The maximum atomic E-state index is 11.3. The number of imide groups is 1. The summed E-state index contributed by atoms with van der Waals surface area (Å²) in [7, 11) is 2.66. The summed E-state index contributed by atoms with van der Waals surface area (Å²) in [6, 6.07) is 0. The highest BCUT2D eigenvalue weighted by molar-refractivity contribution is 6.04. The van der Waals surface area contributed by atoms with Gasteiger partial charge < -0.3 is 19.4 Å². The van der Waals surface area contributed by atoms with E-state index in [1.807, 2.05) is 0 Å². The van der Waals surface area contributed by atoms with Crippen molar-refractivity contribution in [2.75, 3.05) is 14.2 Å². The third-order valence-corrected chi connectivity index (χ3v) is 2.13. The molecule has 1 fully saturated rings. The van der Waals surface area contributed by atoms with Crippen molar-refractivity contribution in [2.24, 2.45) is 0 Å². The highest BCUT2D eigenvalue weighted by Gasteiger charge is 2.40. The zero-order valence-corrected chi connectivity index (χ0v) is 9.41. The SMILES string of the molecule is COC(CC(=O)ON1C(=O)CC(O)C1=O)OC. The number of ether oxygens (including phenoxy) is 2. The number of methoxy groups -OCH3 is 2. The van der Waals surface area contributed by atoms with Crippen LogP contribution in [0.1, 0.15) is 12.8 Å². The van der Waals surface area contributed by atoms with E-state index in [4.69, 9.17) is 14.6 Å². The summed E-state index contributed by atoms with van der Waals surface area (Å²) in [5, 5.41) is 9.33. The third kappa shape index (κ3) is 3.22. The van der Waals surface area contributed by atoms with Gasteiger partial charge in [0, 0.05) is 14.2 Å².